The number of carbonyl (C=O) groups is 3. The summed E-state index contributed by atoms with van der Waals surface area (Å²) in [5, 5.41) is 11.0. The third-order valence-electron chi connectivity index (χ3n) is 7.70. The topological polar surface area (TPSA) is 92.7 Å². The minimum Gasteiger partial charge on any atom is -0.480 e. The molecule has 0 aromatic rings. The lowest BCUT2D eigenvalue weighted by atomic mass is 10.1. The number of unbranched alkanes of at least 4 members (excludes halogenated alkanes) is 17. The van der Waals surface area contributed by atoms with Gasteiger partial charge < -0.3 is 15.2 Å². The molecule has 0 aliphatic heterocycles. The molecule has 0 bridgehead atoms. The number of aliphatic carboxylic acids is 1. The summed E-state index contributed by atoms with van der Waals surface area (Å²) in [6, 6.07) is 0. The van der Waals surface area contributed by atoms with Crippen LogP contribution in [0.25, 0.3) is 0 Å². The Morgan fingerprint density at radius 2 is 1.11 bits per heavy atom. The summed E-state index contributed by atoms with van der Waals surface area (Å²) in [7, 11) is 0. The van der Waals surface area contributed by atoms with Crippen molar-refractivity contribution < 1.29 is 24.2 Å². The highest BCUT2D eigenvalue weighted by Gasteiger charge is 2.09. The highest BCUT2D eigenvalue weighted by atomic mass is 16.5. The molecule has 0 aromatic heterocycles. The lowest BCUT2D eigenvalue weighted by Gasteiger charge is -2.11. The van der Waals surface area contributed by atoms with Gasteiger partial charge in [-0.2, -0.15) is 0 Å². The predicted molar refractivity (Wildman–Crippen MR) is 189 cm³/mol. The van der Waals surface area contributed by atoms with Gasteiger partial charge in [-0.05, 0) is 76.4 Å². The van der Waals surface area contributed by atoms with Crippen molar-refractivity contribution in [2.45, 2.75) is 174 Å². The Kier molecular flexibility index (Phi) is 32.2. The molecule has 1 atom stereocenters. The van der Waals surface area contributed by atoms with E-state index in [2.05, 4.69) is 43.5 Å². The molecule has 0 saturated carbocycles. The van der Waals surface area contributed by atoms with Crippen LogP contribution in [0.1, 0.15) is 168 Å². The molecule has 258 valence electrons. The number of amides is 1. The number of hydrogen-bond acceptors (Lipinski definition) is 4. The molecule has 0 radical (unpaired) electrons. The van der Waals surface area contributed by atoms with Gasteiger partial charge in [0.05, 0.1) is 0 Å². The molecular formula is C39H67NO5. The molecule has 0 aliphatic rings. The van der Waals surface area contributed by atoms with Crippen molar-refractivity contribution in [1.29, 1.82) is 0 Å². The van der Waals surface area contributed by atoms with E-state index in [0.717, 1.165) is 51.4 Å². The van der Waals surface area contributed by atoms with Gasteiger partial charge in [-0.25, -0.2) is 0 Å². The maximum Gasteiger partial charge on any atom is 0.322 e. The molecule has 6 heteroatoms. The second kappa shape index (κ2) is 34.2. The molecule has 0 rings (SSSR count). The van der Waals surface area contributed by atoms with Crippen molar-refractivity contribution in [2.24, 2.45) is 0 Å². The zero-order chi connectivity index (χ0) is 33.1. The van der Waals surface area contributed by atoms with E-state index in [1.54, 1.807) is 0 Å². The minimum absolute atomic E-state index is 0.144. The zero-order valence-corrected chi connectivity index (χ0v) is 29.0. The van der Waals surface area contributed by atoms with Crippen molar-refractivity contribution >= 4 is 17.8 Å². The Morgan fingerprint density at radius 3 is 1.71 bits per heavy atom. The van der Waals surface area contributed by atoms with Crippen molar-refractivity contribution in [2.75, 3.05) is 6.54 Å². The monoisotopic (exact) mass is 630 g/mol. The van der Waals surface area contributed by atoms with Gasteiger partial charge in [0.2, 0.25) is 5.91 Å². The number of carboxylic acid groups (broad SMARTS) is 1. The van der Waals surface area contributed by atoms with Gasteiger partial charge in [0.15, 0.2) is 0 Å². The predicted octanol–water partition coefficient (Wildman–Crippen LogP) is 10.7. The Bertz CT molecular complexity index is 829. The largest absolute Gasteiger partial charge is 0.480 e. The van der Waals surface area contributed by atoms with E-state index in [9.17, 15) is 14.4 Å². The molecule has 1 unspecified atom stereocenters. The molecule has 0 aliphatic carbocycles. The molecule has 0 heterocycles. The molecule has 0 saturated heterocycles. The molecule has 6 nitrogen and oxygen atoms in total. The van der Waals surface area contributed by atoms with Crippen LogP contribution in [0.3, 0.4) is 0 Å². The fourth-order valence-corrected chi connectivity index (χ4v) is 5.00. The highest BCUT2D eigenvalue weighted by Crippen LogP contribution is 2.13. The number of nitrogens with one attached hydrogen (secondary N) is 1. The maximum absolute atomic E-state index is 12.5. The summed E-state index contributed by atoms with van der Waals surface area (Å²) >= 11 is 0. The van der Waals surface area contributed by atoms with Gasteiger partial charge in [-0.3, -0.25) is 14.4 Å². The lowest BCUT2D eigenvalue weighted by Crippen LogP contribution is -2.28. The second-order valence-electron chi connectivity index (χ2n) is 12.1. The fraction of sp³-hybridized carbons (Fsp3) is 0.718. The van der Waals surface area contributed by atoms with Crippen molar-refractivity contribution in [3.05, 3.63) is 48.6 Å². The van der Waals surface area contributed by atoms with Crippen molar-refractivity contribution in [3.63, 3.8) is 0 Å². The molecule has 2 N–H and O–H groups in total. The molecule has 1 amide bonds. The van der Waals surface area contributed by atoms with Gasteiger partial charge in [0.25, 0.3) is 0 Å². The third-order valence-corrected chi connectivity index (χ3v) is 7.70. The Morgan fingerprint density at radius 1 is 0.600 bits per heavy atom. The molecule has 0 aromatic carbocycles. The average Bonchev–Trinajstić information content (AvgIpc) is 3.02. The van der Waals surface area contributed by atoms with Crippen molar-refractivity contribution in [3.8, 4) is 0 Å². The SMILES string of the molecule is CC/C=C\C/C=C\C(/C=C\CCCCCC(=O)NCC(=O)O)OC(=O)CCCCCCCCC/C=C\CCCCCCCCC. The minimum atomic E-state index is -1.03. The van der Waals surface area contributed by atoms with Crippen LogP contribution in [0.2, 0.25) is 0 Å². The standard InChI is InChI=1S/C39H67NO5/c1-3-5-7-9-10-11-12-13-14-15-16-17-18-19-20-21-26-30-34-39(44)45-36(31-27-23-8-6-4-2)32-28-24-22-25-29-33-37(41)40-35-38(42)43/h6,8,14-15,27-28,31-32,36H,3-5,7,9-13,16-26,29-30,33-35H2,1-2H3,(H,40,41)(H,42,43)/b8-6-,15-14-,31-27-,32-28-. The first-order valence-corrected chi connectivity index (χ1v) is 18.3. The van der Waals surface area contributed by atoms with E-state index < -0.39 is 5.97 Å². The van der Waals surface area contributed by atoms with Gasteiger partial charge in [0, 0.05) is 12.8 Å². The first kappa shape index (κ1) is 42.4. The van der Waals surface area contributed by atoms with Crippen LogP contribution >= 0.6 is 0 Å². The van der Waals surface area contributed by atoms with E-state index >= 15 is 0 Å². The number of ether oxygens (including phenoxy) is 1. The highest BCUT2D eigenvalue weighted by molar-refractivity contribution is 5.80. The number of carboxylic acids is 1. The lowest BCUT2D eigenvalue weighted by molar-refractivity contribution is -0.145. The summed E-state index contributed by atoms with van der Waals surface area (Å²) < 4.78 is 5.75. The third kappa shape index (κ3) is 34.1. The van der Waals surface area contributed by atoms with E-state index in [-0.39, 0.29) is 24.5 Å². The smallest absolute Gasteiger partial charge is 0.322 e. The van der Waals surface area contributed by atoms with Crippen molar-refractivity contribution in [1.82, 2.24) is 5.32 Å². The summed E-state index contributed by atoms with van der Waals surface area (Å²) in [6.45, 7) is 4.04. The van der Waals surface area contributed by atoms with E-state index in [4.69, 9.17) is 9.84 Å². The first-order chi connectivity index (χ1) is 22.0. The number of rotatable bonds is 32. The normalized spacial score (nSPS) is 12.6. The fourth-order valence-electron chi connectivity index (χ4n) is 5.00. The van der Waals surface area contributed by atoms with E-state index in [1.165, 1.54) is 89.9 Å². The first-order valence-electron chi connectivity index (χ1n) is 18.3. The van der Waals surface area contributed by atoms with Crippen LogP contribution in [0, 0.1) is 0 Å². The van der Waals surface area contributed by atoms with Gasteiger partial charge >= 0.3 is 11.9 Å². The molecular weight excluding hydrogens is 562 g/mol. The van der Waals surface area contributed by atoms with Crippen LogP contribution in [-0.4, -0.2) is 35.6 Å². The molecule has 0 fully saturated rings. The Labute approximate surface area is 276 Å². The quantitative estimate of drug-likeness (QED) is 0.0439. The summed E-state index contributed by atoms with van der Waals surface area (Å²) in [4.78, 5) is 34.6. The molecule has 45 heavy (non-hydrogen) atoms. The summed E-state index contributed by atoms with van der Waals surface area (Å²) in [5.74, 6) is -1.41. The van der Waals surface area contributed by atoms with Gasteiger partial charge in [-0.1, -0.05) is 127 Å². The van der Waals surface area contributed by atoms with Crippen LogP contribution < -0.4 is 5.32 Å². The van der Waals surface area contributed by atoms with Crippen LogP contribution in [0.4, 0.5) is 0 Å². The Hall–Kier alpha value is -2.63. The van der Waals surface area contributed by atoms with E-state index in [0.29, 0.717) is 12.8 Å². The van der Waals surface area contributed by atoms with E-state index in [1.807, 2.05) is 24.3 Å². The number of allylic oxidation sites excluding steroid dienone is 6. The van der Waals surface area contributed by atoms with Gasteiger partial charge in [-0.15, -0.1) is 0 Å². The van der Waals surface area contributed by atoms with Crippen LogP contribution in [0.15, 0.2) is 48.6 Å². The Balaban J connectivity index is 4.02. The summed E-state index contributed by atoms with van der Waals surface area (Å²) in [5.41, 5.74) is 0. The second-order valence-corrected chi connectivity index (χ2v) is 12.1. The summed E-state index contributed by atoms with van der Waals surface area (Å²) in [6.07, 6.45) is 42.9. The zero-order valence-electron chi connectivity index (χ0n) is 29.0. The number of carbonyl (C=O) groups excluding carboxylic acids is 2. The maximum atomic E-state index is 12.5. The van der Waals surface area contributed by atoms with Gasteiger partial charge in [0.1, 0.15) is 12.6 Å². The number of hydrogen-bond donors (Lipinski definition) is 2. The number of esters is 1. The van der Waals surface area contributed by atoms with Crippen LogP contribution in [0.5, 0.6) is 0 Å². The molecule has 0 spiro atoms. The average molecular weight is 630 g/mol. The van der Waals surface area contributed by atoms with Crippen LogP contribution in [-0.2, 0) is 19.1 Å².